The number of likely N-dealkylation sites (tertiary alicyclic amines) is 1. The van der Waals surface area contributed by atoms with E-state index in [0.29, 0.717) is 5.92 Å². The lowest BCUT2D eigenvalue weighted by Gasteiger charge is -2.13. The fourth-order valence-corrected chi connectivity index (χ4v) is 2.37. The van der Waals surface area contributed by atoms with Crippen LogP contribution in [-0.4, -0.2) is 35.6 Å². The average molecular weight is 237 g/mol. The molecule has 2 rings (SSSR count). The summed E-state index contributed by atoms with van der Waals surface area (Å²) in [7, 11) is 0. The van der Waals surface area contributed by atoms with E-state index in [1.54, 1.807) is 12.1 Å². The molecule has 1 aliphatic rings. The Morgan fingerprint density at radius 3 is 2.76 bits per heavy atom. The molecule has 3 nitrogen and oxygen atoms in total. The van der Waals surface area contributed by atoms with Crippen molar-refractivity contribution in [2.75, 3.05) is 19.6 Å². The molecule has 1 aliphatic heterocycles. The van der Waals surface area contributed by atoms with Gasteiger partial charge in [-0.1, -0.05) is 12.1 Å². The zero-order valence-corrected chi connectivity index (χ0v) is 9.60. The second kappa shape index (κ2) is 5.27. The van der Waals surface area contributed by atoms with Crippen LogP contribution in [0.1, 0.15) is 12.0 Å². The SMILES string of the molecule is O=C(O)CN1CC[C@@H](Cc2ccc(F)cc2)C1. The minimum Gasteiger partial charge on any atom is -0.480 e. The van der Waals surface area contributed by atoms with Gasteiger partial charge in [-0.25, -0.2) is 4.39 Å². The third-order valence-electron chi connectivity index (χ3n) is 3.17. The number of carboxylic acids is 1. The Labute approximate surface area is 99.9 Å². The summed E-state index contributed by atoms with van der Waals surface area (Å²) in [6.07, 6.45) is 1.92. The highest BCUT2D eigenvalue weighted by Gasteiger charge is 2.23. The first-order valence-corrected chi connectivity index (χ1v) is 5.82. The van der Waals surface area contributed by atoms with E-state index < -0.39 is 5.97 Å². The van der Waals surface area contributed by atoms with E-state index in [2.05, 4.69) is 0 Å². The van der Waals surface area contributed by atoms with Crippen LogP contribution in [0.25, 0.3) is 0 Å². The summed E-state index contributed by atoms with van der Waals surface area (Å²) in [5, 5.41) is 8.70. The number of carboxylic acid groups (broad SMARTS) is 1. The number of nitrogens with zero attached hydrogens (tertiary/aromatic N) is 1. The molecule has 4 heteroatoms. The molecule has 1 N–H and O–H groups in total. The molecule has 92 valence electrons. The molecule has 1 saturated heterocycles. The maximum atomic E-state index is 12.7. The second-order valence-corrected chi connectivity index (χ2v) is 4.61. The van der Waals surface area contributed by atoms with Gasteiger partial charge in [0.15, 0.2) is 0 Å². The highest BCUT2D eigenvalue weighted by atomic mass is 19.1. The smallest absolute Gasteiger partial charge is 0.317 e. The number of aliphatic carboxylic acids is 1. The lowest BCUT2D eigenvalue weighted by Crippen LogP contribution is -2.27. The van der Waals surface area contributed by atoms with Gasteiger partial charge in [0.25, 0.3) is 0 Å². The van der Waals surface area contributed by atoms with E-state index in [1.807, 2.05) is 4.90 Å². The molecule has 1 heterocycles. The van der Waals surface area contributed by atoms with Crippen molar-refractivity contribution >= 4 is 5.97 Å². The lowest BCUT2D eigenvalue weighted by atomic mass is 9.99. The van der Waals surface area contributed by atoms with Crippen molar-refractivity contribution in [1.82, 2.24) is 4.90 Å². The summed E-state index contributed by atoms with van der Waals surface area (Å²) in [4.78, 5) is 12.5. The number of rotatable bonds is 4. The van der Waals surface area contributed by atoms with Crippen molar-refractivity contribution in [2.24, 2.45) is 5.92 Å². The highest BCUT2D eigenvalue weighted by molar-refractivity contribution is 5.69. The molecule has 1 aromatic rings. The summed E-state index contributed by atoms with van der Waals surface area (Å²) in [5.74, 6) is -0.500. The van der Waals surface area contributed by atoms with Gasteiger partial charge in [-0.15, -0.1) is 0 Å². The number of hydrogen-bond acceptors (Lipinski definition) is 2. The zero-order valence-electron chi connectivity index (χ0n) is 9.60. The van der Waals surface area contributed by atoms with E-state index in [9.17, 15) is 9.18 Å². The minimum atomic E-state index is -0.771. The van der Waals surface area contributed by atoms with Crippen LogP contribution < -0.4 is 0 Å². The summed E-state index contributed by atoms with van der Waals surface area (Å²) >= 11 is 0. The van der Waals surface area contributed by atoms with Crippen molar-refractivity contribution in [2.45, 2.75) is 12.8 Å². The molecule has 17 heavy (non-hydrogen) atoms. The zero-order chi connectivity index (χ0) is 12.3. The molecule has 1 atom stereocenters. The summed E-state index contributed by atoms with van der Waals surface area (Å²) in [6, 6.07) is 6.54. The van der Waals surface area contributed by atoms with Gasteiger partial charge in [-0.05, 0) is 43.0 Å². The van der Waals surface area contributed by atoms with Gasteiger partial charge in [-0.2, -0.15) is 0 Å². The summed E-state index contributed by atoms with van der Waals surface area (Å²) in [6.45, 7) is 1.79. The molecule has 0 unspecified atom stereocenters. The first kappa shape index (κ1) is 12.0. The maximum absolute atomic E-state index is 12.7. The monoisotopic (exact) mass is 237 g/mol. The van der Waals surface area contributed by atoms with Gasteiger partial charge < -0.3 is 5.11 Å². The van der Waals surface area contributed by atoms with Crippen molar-refractivity contribution in [3.8, 4) is 0 Å². The van der Waals surface area contributed by atoms with Gasteiger partial charge in [0.2, 0.25) is 0 Å². The molecule has 1 fully saturated rings. The Morgan fingerprint density at radius 1 is 1.41 bits per heavy atom. The second-order valence-electron chi connectivity index (χ2n) is 4.61. The first-order valence-electron chi connectivity index (χ1n) is 5.82. The lowest BCUT2D eigenvalue weighted by molar-refractivity contribution is -0.138. The van der Waals surface area contributed by atoms with E-state index in [1.165, 1.54) is 12.1 Å². The Morgan fingerprint density at radius 2 is 2.12 bits per heavy atom. The molecular weight excluding hydrogens is 221 g/mol. The Bertz CT molecular complexity index is 391. The van der Waals surface area contributed by atoms with Crippen LogP contribution in [0.5, 0.6) is 0 Å². The fraction of sp³-hybridized carbons (Fsp3) is 0.462. The third-order valence-corrected chi connectivity index (χ3v) is 3.17. The third kappa shape index (κ3) is 3.53. The molecule has 0 radical (unpaired) electrons. The van der Waals surface area contributed by atoms with Crippen molar-refractivity contribution in [3.05, 3.63) is 35.6 Å². The Kier molecular flexibility index (Phi) is 3.74. The van der Waals surface area contributed by atoms with Gasteiger partial charge in [-0.3, -0.25) is 9.69 Å². The van der Waals surface area contributed by atoms with Crippen LogP contribution in [0.2, 0.25) is 0 Å². The average Bonchev–Trinajstić information content (AvgIpc) is 2.68. The Hall–Kier alpha value is -1.42. The topological polar surface area (TPSA) is 40.5 Å². The van der Waals surface area contributed by atoms with Crippen molar-refractivity contribution in [1.29, 1.82) is 0 Å². The first-order chi connectivity index (χ1) is 8.13. The molecule has 0 aliphatic carbocycles. The predicted molar refractivity (Wildman–Crippen MR) is 62.3 cm³/mol. The van der Waals surface area contributed by atoms with E-state index in [4.69, 9.17) is 5.11 Å². The van der Waals surface area contributed by atoms with Crippen LogP contribution in [0, 0.1) is 11.7 Å². The quantitative estimate of drug-likeness (QED) is 0.867. The number of carbonyl (C=O) groups is 1. The van der Waals surface area contributed by atoms with Crippen molar-refractivity contribution < 1.29 is 14.3 Å². The van der Waals surface area contributed by atoms with Gasteiger partial charge >= 0.3 is 5.97 Å². The van der Waals surface area contributed by atoms with Crippen LogP contribution >= 0.6 is 0 Å². The number of halogens is 1. The van der Waals surface area contributed by atoms with Gasteiger partial charge in [0, 0.05) is 6.54 Å². The van der Waals surface area contributed by atoms with Gasteiger partial charge in [0.1, 0.15) is 5.82 Å². The maximum Gasteiger partial charge on any atom is 0.317 e. The molecule has 1 aromatic carbocycles. The van der Waals surface area contributed by atoms with Gasteiger partial charge in [0.05, 0.1) is 6.54 Å². The highest BCUT2D eigenvalue weighted by Crippen LogP contribution is 2.20. The molecule has 0 bridgehead atoms. The fourth-order valence-electron chi connectivity index (χ4n) is 2.37. The van der Waals surface area contributed by atoms with Crippen LogP contribution in [0.3, 0.4) is 0 Å². The minimum absolute atomic E-state index is 0.125. The normalized spacial score (nSPS) is 20.6. The molecule has 0 amide bonds. The number of benzene rings is 1. The Balaban J connectivity index is 1.85. The van der Waals surface area contributed by atoms with E-state index >= 15 is 0 Å². The summed E-state index contributed by atoms with van der Waals surface area (Å²) < 4.78 is 12.7. The van der Waals surface area contributed by atoms with E-state index in [0.717, 1.165) is 31.5 Å². The molecular formula is C13H16FNO2. The standard InChI is InChI=1S/C13H16FNO2/c14-12-3-1-10(2-4-12)7-11-5-6-15(8-11)9-13(16)17/h1-4,11H,5-9H2,(H,16,17)/t11-/m0/s1. The summed E-state index contributed by atoms with van der Waals surface area (Å²) in [5.41, 5.74) is 1.12. The van der Waals surface area contributed by atoms with Crippen LogP contribution in [0.15, 0.2) is 24.3 Å². The predicted octanol–water partition coefficient (Wildman–Crippen LogP) is 1.77. The van der Waals surface area contributed by atoms with Crippen LogP contribution in [0.4, 0.5) is 4.39 Å². The number of hydrogen-bond donors (Lipinski definition) is 1. The van der Waals surface area contributed by atoms with Crippen LogP contribution in [-0.2, 0) is 11.2 Å². The van der Waals surface area contributed by atoms with Crippen molar-refractivity contribution in [3.63, 3.8) is 0 Å². The molecule has 0 aromatic heterocycles. The largest absolute Gasteiger partial charge is 0.480 e. The van der Waals surface area contributed by atoms with E-state index in [-0.39, 0.29) is 12.4 Å². The molecule has 0 saturated carbocycles. The molecule has 0 spiro atoms.